The number of nitrogens with two attached hydrogens (primary N) is 1. The molecule has 32 heavy (non-hydrogen) atoms. The Kier molecular flexibility index (Phi) is 6.23. The number of fused-ring (bicyclic) bond motifs is 2. The van der Waals surface area contributed by atoms with Gasteiger partial charge in [-0.25, -0.2) is 0 Å². The first-order chi connectivity index (χ1) is 15.6. The first kappa shape index (κ1) is 21.6. The van der Waals surface area contributed by atoms with Crippen molar-refractivity contribution in [3.8, 4) is 22.5 Å². The van der Waals surface area contributed by atoms with Crippen LogP contribution in [0.25, 0.3) is 33.4 Å². The molecule has 0 fully saturated rings. The van der Waals surface area contributed by atoms with E-state index in [0.29, 0.717) is 29.8 Å². The third-order valence-corrected chi connectivity index (χ3v) is 5.70. The zero-order chi connectivity index (χ0) is 22.7. The molecule has 0 radical (unpaired) electrons. The number of anilines is 1. The lowest BCUT2D eigenvalue weighted by atomic mass is 9.90. The van der Waals surface area contributed by atoms with E-state index in [0.717, 1.165) is 46.4 Å². The Morgan fingerprint density at radius 2 is 1.81 bits per heavy atom. The molecule has 1 heterocycles. The number of carbonyl (C=O) groups is 1. The molecule has 0 bridgehead atoms. The highest BCUT2D eigenvalue weighted by Gasteiger charge is 2.21. The van der Waals surface area contributed by atoms with Crippen LogP contribution < -0.4 is 21.3 Å². The number of amides is 1. The normalized spacial score (nSPS) is 11.1. The average molecular weight is 429 g/mol. The van der Waals surface area contributed by atoms with Gasteiger partial charge < -0.3 is 25.8 Å². The third kappa shape index (κ3) is 3.97. The van der Waals surface area contributed by atoms with E-state index >= 15 is 0 Å². The predicted octanol–water partition coefficient (Wildman–Crippen LogP) is 4.22. The highest BCUT2D eigenvalue weighted by molar-refractivity contribution is 6.09. The van der Waals surface area contributed by atoms with Crippen LogP contribution in [0.4, 0.5) is 5.69 Å². The number of carbonyl (C=O) groups excluding carboxylic acids is 1. The van der Waals surface area contributed by atoms with E-state index in [1.807, 2.05) is 36.4 Å². The SMILES string of the molecule is CCN(CC)c1ccc2c(-c3ccccc3C(=O)NCCN)c3ccc(=N)cc-3oc2c1. The van der Waals surface area contributed by atoms with Crippen molar-refractivity contribution in [1.82, 2.24) is 5.32 Å². The molecule has 1 aliphatic heterocycles. The molecule has 0 atom stereocenters. The number of nitrogens with zero attached hydrogens (tertiary/aromatic N) is 1. The van der Waals surface area contributed by atoms with E-state index < -0.39 is 0 Å². The molecule has 0 unspecified atom stereocenters. The van der Waals surface area contributed by atoms with Crippen molar-refractivity contribution >= 4 is 22.6 Å². The molecule has 0 aromatic heterocycles. The van der Waals surface area contributed by atoms with Crippen LogP contribution in [0.15, 0.2) is 65.1 Å². The smallest absolute Gasteiger partial charge is 0.251 e. The summed E-state index contributed by atoms with van der Waals surface area (Å²) in [5.41, 5.74) is 10.6. The van der Waals surface area contributed by atoms with Gasteiger partial charge in [0.05, 0.1) is 5.36 Å². The van der Waals surface area contributed by atoms with Crippen molar-refractivity contribution in [3.05, 3.63) is 71.6 Å². The Balaban J connectivity index is 2.02. The molecular formula is C26H28N4O2. The average Bonchev–Trinajstić information content (AvgIpc) is 2.81. The van der Waals surface area contributed by atoms with Crippen LogP contribution in [0.3, 0.4) is 0 Å². The van der Waals surface area contributed by atoms with Gasteiger partial charge in [0.1, 0.15) is 11.3 Å². The standard InChI is InChI=1S/C26H28N4O2/c1-3-30(4-2)18-10-12-22-24(16-18)32-23-15-17(28)9-11-21(23)25(22)19-7-5-6-8-20(19)26(31)29-14-13-27/h5-12,15-16,28H,3-4,13-14,27H2,1-2H3,(H,29,31). The van der Waals surface area contributed by atoms with E-state index in [1.54, 1.807) is 12.1 Å². The lowest BCUT2D eigenvalue weighted by molar-refractivity contribution is 0.0955. The van der Waals surface area contributed by atoms with E-state index in [4.69, 9.17) is 15.6 Å². The van der Waals surface area contributed by atoms with Gasteiger partial charge >= 0.3 is 0 Å². The Morgan fingerprint density at radius 3 is 2.56 bits per heavy atom. The third-order valence-electron chi connectivity index (χ3n) is 5.70. The van der Waals surface area contributed by atoms with Crippen LogP contribution in [0.2, 0.25) is 0 Å². The maximum Gasteiger partial charge on any atom is 0.251 e. The highest BCUT2D eigenvalue weighted by atomic mass is 16.3. The maximum absolute atomic E-state index is 12.9. The maximum atomic E-state index is 12.9. The molecule has 6 nitrogen and oxygen atoms in total. The second kappa shape index (κ2) is 9.24. The first-order valence-corrected chi connectivity index (χ1v) is 10.9. The van der Waals surface area contributed by atoms with Gasteiger partial charge in [0.25, 0.3) is 5.91 Å². The van der Waals surface area contributed by atoms with Crippen molar-refractivity contribution in [3.63, 3.8) is 0 Å². The van der Waals surface area contributed by atoms with Gasteiger partial charge in [-0.15, -0.1) is 0 Å². The summed E-state index contributed by atoms with van der Waals surface area (Å²) in [6, 6.07) is 19.1. The molecule has 0 spiro atoms. The minimum atomic E-state index is -0.162. The van der Waals surface area contributed by atoms with Crippen LogP contribution in [0, 0.1) is 5.41 Å². The van der Waals surface area contributed by atoms with Crippen molar-refractivity contribution in [1.29, 1.82) is 5.41 Å². The van der Waals surface area contributed by atoms with Crippen LogP contribution in [0.1, 0.15) is 24.2 Å². The second-order valence-electron chi connectivity index (χ2n) is 7.63. The van der Waals surface area contributed by atoms with Crippen molar-refractivity contribution < 1.29 is 9.21 Å². The van der Waals surface area contributed by atoms with Gasteiger partial charge in [0.2, 0.25) is 0 Å². The zero-order valence-electron chi connectivity index (χ0n) is 18.4. The van der Waals surface area contributed by atoms with Crippen LogP contribution in [0.5, 0.6) is 0 Å². The topological polar surface area (TPSA) is 95.4 Å². The Hall–Kier alpha value is -3.64. The number of hydrogen-bond donors (Lipinski definition) is 3. The molecule has 2 aliphatic rings. The van der Waals surface area contributed by atoms with Crippen molar-refractivity contribution in [2.24, 2.45) is 5.73 Å². The van der Waals surface area contributed by atoms with Gasteiger partial charge in [-0.1, -0.05) is 18.2 Å². The lowest BCUT2D eigenvalue weighted by Crippen LogP contribution is -2.29. The fraction of sp³-hybridized carbons (Fsp3) is 0.231. The molecule has 6 heteroatoms. The molecule has 4 rings (SSSR count). The Labute approximate surface area is 187 Å². The highest BCUT2D eigenvalue weighted by Crippen LogP contribution is 2.41. The molecule has 4 N–H and O–H groups in total. The van der Waals surface area contributed by atoms with Gasteiger partial charge in [-0.05, 0) is 49.7 Å². The zero-order valence-corrected chi connectivity index (χ0v) is 18.4. The van der Waals surface area contributed by atoms with Crippen LogP contribution in [-0.2, 0) is 0 Å². The largest absolute Gasteiger partial charge is 0.456 e. The summed E-state index contributed by atoms with van der Waals surface area (Å²) in [5, 5.41) is 12.2. The Bertz CT molecular complexity index is 1290. The summed E-state index contributed by atoms with van der Waals surface area (Å²) in [7, 11) is 0. The van der Waals surface area contributed by atoms with Crippen LogP contribution >= 0.6 is 0 Å². The van der Waals surface area contributed by atoms with E-state index in [1.165, 1.54) is 0 Å². The predicted molar refractivity (Wildman–Crippen MR) is 129 cm³/mol. The number of rotatable bonds is 7. The monoisotopic (exact) mass is 428 g/mol. The molecule has 1 amide bonds. The molecule has 0 saturated carbocycles. The van der Waals surface area contributed by atoms with E-state index in [9.17, 15) is 4.79 Å². The second-order valence-corrected chi connectivity index (χ2v) is 7.63. The van der Waals surface area contributed by atoms with Crippen molar-refractivity contribution in [2.45, 2.75) is 13.8 Å². The summed E-state index contributed by atoms with van der Waals surface area (Å²) in [6.07, 6.45) is 0. The molecule has 2 aromatic rings. The molecule has 164 valence electrons. The summed E-state index contributed by atoms with van der Waals surface area (Å²) in [5.74, 6) is 0.457. The van der Waals surface area contributed by atoms with Gasteiger partial charge in [0.15, 0.2) is 0 Å². The summed E-state index contributed by atoms with van der Waals surface area (Å²) >= 11 is 0. The summed E-state index contributed by atoms with van der Waals surface area (Å²) in [4.78, 5) is 15.2. The van der Waals surface area contributed by atoms with E-state index in [2.05, 4.69) is 36.2 Å². The fourth-order valence-electron chi connectivity index (χ4n) is 4.13. The molecule has 2 aromatic carbocycles. The Morgan fingerprint density at radius 1 is 1.03 bits per heavy atom. The van der Waals surface area contributed by atoms with Crippen LogP contribution in [-0.4, -0.2) is 32.1 Å². The lowest BCUT2D eigenvalue weighted by Gasteiger charge is -2.22. The van der Waals surface area contributed by atoms with Gasteiger partial charge in [0, 0.05) is 66.1 Å². The van der Waals surface area contributed by atoms with Gasteiger partial charge in [-0.3, -0.25) is 4.79 Å². The summed E-state index contributed by atoms with van der Waals surface area (Å²) < 4.78 is 6.27. The molecular weight excluding hydrogens is 400 g/mol. The quantitative estimate of drug-likeness (QED) is 0.384. The number of hydrogen-bond acceptors (Lipinski definition) is 5. The number of benzene rings is 3. The minimum absolute atomic E-state index is 0.162. The molecule has 1 aliphatic carbocycles. The fourth-order valence-corrected chi connectivity index (χ4v) is 4.13. The molecule has 0 saturated heterocycles. The van der Waals surface area contributed by atoms with Crippen molar-refractivity contribution in [2.75, 3.05) is 31.1 Å². The van der Waals surface area contributed by atoms with E-state index in [-0.39, 0.29) is 5.91 Å². The number of nitrogens with one attached hydrogen (secondary N) is 2. The minimum Gasteiger partial charge on any atom is -0.456 e. The van der Waals surface area contributed by atoms with Gasteiger partial charge in [-0.2, -0.15) is 0 Å². The summed E-state index contributed by atoms with van der Waals surface area (Å²) in [6.45, 7) is 6.82. The first-order valence-electron chi connectivity index (χ1n) is 10.9.